The molecule has 0 atom stereocenters. The zero-order chi connectivity index (χ0) is 17.6. The molecule has 6 heteroatoms. The van der Waals surface area contributed by atoms with E-state index in [1.807, 2.05) is 48.9 Å². The molecule has 1 aliphatic heterocycles. The Balaban J connectivity index is 1.58. The molecule has 2 heterocycles. The second-order valence-electron chi connectivity index (χ2n) is 6.49. The van der Waals surface area contributed by atoms with Crippen molar-refractivity contribution in [1.82, 2.24) is 25.3 Å². The molecule has 25 heavy (non-hydrogen) atoms. The van der Waals surface area contributed by atoms with Crippen LogP contribution in [0.25, 0.3) is 5.69 Å². The number of amides is 1. The van der Waals surface area contributed by atoms with Gasteiger partial charge in [0, 0.05) is 32.7 Å². The lowest BCUT2D eigenvalue weighted by molar-refractivity contribution is 0.0950. The molecule has 1 saturated heterocycles. The van der Waals surface area contributed by atoms with Crippen molar-refractivity contribution < 1.29 is 4.79 Å². The van der Waals surface area contributed by atoms with Crippen LogP contribution < -0.4 is 10.6 Å². The summed E-state index contributed by atoms with van der Waals surface area (Å²) in [6, 6.07) is 9.91. The summed E-state index contributed by atoms with van der Waals surface area (Å²) in [5, 5.41) is 10.9. The van der Waals surface area contributed by atoms with Gasteiger partial charge in [-0.05, 0) is 38.9 Å². The normalized spacial score (nSPS) is 15.3. The molecular weight excluding hydrogens is 314 g/mol. The number of hydrogen-bond acceptors (Lipinski definition) is 4. The standard InChI is InChI=1S/C19H27N5O/c1-15-18(16(2)24(22-15)17-7-4-3-5-8-17)19(25)21-9-6-12-23-13-10-20-11-14-23/h3-5,7-8,20H,6,9-14H2,1-2H3,(H,21,25). The van der Waals surface area contributed by atoms with Crippen LogP contribution in [-0.4, -0.2) is 59.9 Å². The maximum Gasteiger partial charge on any atom is 0.255 e. The number of carbonyl (C=O) groups excluding carboxylic acids is 1. The van der Waals surface area contributed by atoms with Crippen molar-refractivity contribution in [1.29, 1.82) is 0 Å². The Morgan fingerprint density at radius 2 is 1.92 bits per heavy atom. The van der Waals surface area contributed by atoms with E-state index in [0.717, 1.165) is 56.2 Å². The smallest absolute Gasteiger partial charge is 0.255 e. The number of piperazine rings is 1. The molecule has 0 radical (unpaired) electrons. The molecule has 2 aromatic rings. The van der Waals surface area contributed by atoms with E-state index in [1.54, 1.807) is 0 Å². The maximum atomic E-state index is 12.6. The molecule has 1 aliphatic rings. The largest absolute Gasteiger partial charge is 0.352 e. The third-order valence-corrected chi connectivity index (χ3v) is 4.67. The molecule has 1 aromatic heterocycles. The van der Waals surface area contributed by atoms with E-state index >= 15 is 0 Å². The van der Waals surface area contributed by atoms with Gasteiger partial charge in [0.05, 0.1) is 22.6 Å². The number of aryl methyl sites for hydroxylation is 1. The van der Waals surface area contributed by atoms with Gasteiger partial charge in [-0.1, -0.05) is 18.2 Å². The monoisotopic (exact) mass is 341 g/mol. The topological polar surface area (TPSA) is 62.2 Å². The highest BCUT2D eigenvalue weighted by molar-refractivity contribution is 5.96. The van der Waals surface area contributed by atoms with E-state index in [4.69, 9.17) is 0 Å². The van der Waals surface area contributed by atoms with E-state index in [9.17, 15) is 4.79 Å². The maximum absolute atomic E-state index is 12.6. The average Bonchev–Trinajstić information content (AvgIpc) is 2.94. The van der Waals surface area contributed by atoms with Crippen molar-refractivity contribution in [3.63, 3.8) is 0 Å². The van der Waals surface area contributed by atoms with Crippen molar-refractivity contribution in [3.05, 3.63) is 47.3 Å². The van der Waals surface area contributed by atoms with Crippen molar-refractivity contribution in [3.8, 4) is 5.69 Å². The fourth-order valence-corrected chi connectivity index (χ4v) is 3.32. The fourth-order valence-electron chi connectivity index (χ4n) is 3.32. The first-order valence-corrected chi connectivity index (χ1v) is 8.99. The number of nitrogens with one attached hydrogen (secondary N) is 2. The summed E-state index contributed by atoms with van der Waals surface area (Å²) in [7, 11) is 0. The van der Waals surface area contributed by atoms with Crippen molar-refractivity contribution in [2.24, 2.45) is 0 Å². The first kappa shape index (κ1) is 17.6. The Hall–Kier alpha value is -2.18. The molecule has 1 fully saturated rings. The zero-order valence-electron chi connectivity index (χ0n) is 15.1. The summed E-state index contributed by atoms with van der Waals surface area (Å²) in [6.45, 7) is 9.87. The predicted octanol–water partition coefficient (Wildman–Crippen LogP) is 1.51. The summed E-state index contributed by atoms with van der Waals surface area (Å²) < 4.78 is 1.84. The fraction of sp³-hybridized carbons (Fsp3) is 0.474. The van der Waals surface area contributed by atoms with Crippen molar-refractivity contribution in [2.75, 3.05) is 39.3 Å². The van der Waals surface area contributed by atoms with Crippen LogP contribution in [0.15, 0.2) is 30.3 Å². The lowest BCUT2D eigenvalue weighted by Crippen LogP contribution is -2.44. The number of carbonyl (C=O) groups is 1. The summed E-state index contributed by atoms with van der Waals surface area (Å²) in [5.41, 5.74) is 3.30. The molecule has 0 bridgehead atoms. The van der Waals surface area contributed by atoms with Crippen LogP contribution in [0.5, 0.6) is 0 Å². The highest BCUT2D eigenvalue weighted by Gasteiger charge is 2.19. The summed E-state index contributed by atoms with van der Waals surface area (Å²) in [6.07, 6.45) is 0.969. The van der Waals surface area contributed by atoms with Gasteiger partial charge < -0.3 is 15.5 Å². The van der Waals surface area contributed by atoms with E-state index in [0.29, 0.717) is 12.1 Å². The Labute approximate surface area is 149 Å². The molecular formula is C19H27N5O. The average molecular weight is 341 g/mol. The lowest BCUT2D eigenvalue weighted by Gasteiger charge is -2.27. The third-order valence-electron chi connectivity index (χ3n) is 4.67. The van der Waals surface area contributed by atoms with E-state index in [1.165, 1.54) is 0 Å². The molecule has 134 valence electrons. The van der Waals surface area contributed by atoms with Gasteiger partial charge in [0.2, 0.25) is 0 Å². The van der Waals surface area contributed by atoms with Gasteiger partial charge in [-0.15, -0.1) is 0 Å². The molecule has 0 aliphatic carbocycles. The quantitative estimate of drug-likeness (QED) is 0.782. The minimum absolute atomic E-state index is 0.0301. The summed E-state index contributed by atoms with van der Waals surface area (Å²) in [4.78, 5) is 15.0. The Bertz CT molecular complexity index is 704. The molecule has 6 nitrogen and oxygen atoms in total. The molecule has 3 rings (SSSR count). The number of para-hydroxylation sites is 1. The molecule has 0 spiro atoms. The van der Waals surface area contributed by atoms with E-state index in [-0.39, 0.29) is 5.91 Å². The molecule has 1 aromatic carbocycles. The van der Waals surface area contributed by atoms with Crippen LogP contribution >= 0.6 is 0 Å². The number of hydrogen-bond donors (Lipinski definition) is 2. The Morgan fingerprint density at radius 3 is 2.64 bits per heavy atom. The van der Waals surface area contributed by atoms with Gasteiger partial charge in [-0.3, -0.25) is 4.79 Å². The van der Waals surface area contributed by atoms with Gasteiger partial charge in [0.15, 0.2) is 0 Å². The van der Waals surface area contributed by atoms with E-state index < -0.39 is 0 Å². The van der Waals surface area contributed by atoms with Crippen LogP contribution in [0.2, 0.25) is 0 Å². The van der Waals surface area contributed by atoms with Gasteiger partial charge in [-0.25, -0.2) is 4.68 Å². The number of nitrogens with zero attached hydrogens (tertiary/aromatic N) is 3. The lowest BCUT2D eigenvalue weighted by atomic mass is 10.2. The number of rotatable bonds is 6. The molecule has 2 N–H and O–H groups in total. The number of aromatic nitrogens is 2. The van der Waals surface area contributed by atoms with Gasteiger partial charge in [0.1, 0.15) is 0 Å². The molecule has 1 amide bonds. The van der Waals surface area contributed by atoms with E-state index in [2.05, 4.69) is 20.6 Å². The van der Waals surface area contributed by atoms with Gasteiger partial charge >= 0.3 is 0 Å². The van der Waals surface area contributed by atoms with Gasteiger partial charge in [-0.2, -0.15) is 5.10 Å². The third kappa shape index (κ3) is 4.27. The highest BCUT2D eigenvalue weighted by Crippen LogP contribution is 2.17. The van der Waals surface area contributed by atoms with Crippen LogP contribution in [0.4, 0.5) is 0 Å². The molecule has 0 saturated carbocycles. The second kappa shape index (κ2) is 8.27. The summed E-state index contributed by atoms with van der Waals surface area (Å²) in [5.74, 6) is -0.0301. The summed E-state index contributed by atoms with van der Waals surface area (Å²) >= 11 is 0. The Kier molecular flexibility index (Phi) is 5.83. The van der Waals surface area contributed by atoms with Crippen molar-refractivity contribution >= 4 is 5.91 Å². The minimum Gasteiger partial charge on any atom is -0.352 e. The van der Waals surface area contributed by atoms with Crippen LogP contribution in [0.3, 0.4) is 0 Å². The second-order valence-corrected chi connectivity index (χ2v) is 6.49. The number of benzene rings is 1. The molecule has 0 unspecified atom stereocenters. The predicted molar refractivity (Wildman–Crippen MR) is 99.3 cm³/mol. The van der Waals surface area contributed by atoms with Gasteiger partial charge in [0.25, 0.3) is 5.91 Å². The first-order chi connectivity index (χ1) is 12.2. The minimum atomic E-state index is -0.0301. The van der Waals surface area contributed by atoms with Crippen LogP contribution in [-0.2, 0) is 0 Å². The zero-order valence-corrected chi connectivity index (χ0v) is 15.1. The SMILES string of the molecule is Cc1nn(-c2ccccc2)c(C)c1C(=O)NCCCN1CCNCC1. The van der Waals surface area contributed by atoms with Crippen LogP contribution in [0.1, 0.15) is 28.2 Å². The Morgan fingerprint density at radius 1 is 1.20 bits per heavy atom. The first-order valence-electron chi connectivity index (χ1n) is 8.99. The van der Waals surface area contributed by atoms with Crippen molar-refractivity contribution in [2.45, 2.75) is 20.3 Å². The highest BCUT2D eigenvalue weighted by atomic mass is 16.1. The van der Waals surface area contributed by atoms with Crippen LogP contribution in [0, 0.1) is 13.8 Å².